The lowest BCUT2D eigenvalue weighted by atomic mass is 9.71. The van der Waals surface area contributed by atoms with Crippen LogP contribution < -0.4 is 0 Å². The standard InChI is InChI=1S/C16H23NO/c1-16(2)14-10-9-13(11-15(14)17(3)18-16)12-7-5-4-6-8-12/h4-8,13-15H,9-11H2,1-3H3/t13?,14-,15-/m1/s1. The Morgan fingerprint density at radius 2 is 1.89 bits per heavy atom. The van der Waals surface area contributed by atoms with Crippen LogP contribution in [0.3, 0.4) is 0 Å². The van der Waals surface area contributed by atoms with Gasteiger partial charge in [-0.3, -0.25) is 4.84 Å². The lowest BCUT2D eigenvalue weighted by Gasteiger charge is -2.35. The van der Waals surface area contributed by atoms with Gasteiger partial charge in [0.25, 0.3) is 0 Å². The quantitative estimate of drug-likeness (QED) is 0.749. The van der Waals surface area contributed by atoms with E-state index in [9.17, 15) is 0 Å². The van der Waals surface area contributed by atoms with Crippen LogP contribution in [0.15, 0.2) is 30.3 Å². The predicted molar refractivity (Wildman–Crippen MR) is 73.2 cm³/mol. The summed E-state index contributed by atoms with van der Waals surface area (Å²) in [4.78, 5) is 6.01. The molecule has 1 aliphatic carbocycles. The molecule has 3 atom stereocenters. The molecule has 1 saturated heterocycles. The Balaban J connectivity index is 1.79. The van der Waals surface area contributed by atoms with E-state index in [0.29, 0.717) is 17.9 Å². The Hall–Kier alpha value is -0.860. The fourth-order valence-electron chi connectivity index (χ4n) is 3.89. The van der Waals surface area contributed by atoms with Crippen molar-refractivity contribution < 1.29 is 4.84 Å². The van der Waals surface area contributed by atoms with Crippen molar-refractivity contribution in [1.82, 2.24) is 5.06 Å². The van der Waals surface area contributed by atoms with E-state index in [1.54, 1.807) is 0 Å². The number of nitrogens with zero attached hydrogens (tertiary/aromatic N) is 1. The van der Waals surface area contributed by atoms with Crippen LogP contribution in [0.2, 0.25) is 0 Å². The number of benzene rings is 1. The summed E-state index contributed by atoms with van der Waals surface area (Å²) in [6, 6.07) is 11.5. The molecule has 18 heavy (non-hydrogen) atoms. The van der Waals surface area contributed by atoms with E-state index >= 15 is 0 Å². The number of hydroxylamine groups is 2. The maximum absolute atomic E-state index is 6.01. The first-order valence-corrected chi connectivity index (χ1v) is 7.05. The van der Waals surface area contributed by atoms with Crippen molar-refractivity contribution in [3.05, 3.63) is 35.9 Å². The summed E-state index contributed by atoms with van der Waals surface area (Å²) < 4.78 is 0. The van der Waals surface area contributed by atoms with Crippen molar-refractivity contribution in [3.8, 4) is 0 Å². The van der Waals surface area contributed by atoms with Crippen LogP contribution in [0.25, 0.3) is 0 Å². The summed E-state index contributed by atoms with van der Waals surface area (Å²) in [5.41, 5.74) is 1.51. The van der Waals surface area contributed by atoms with Gasteiger partial charge in [-0.25, -0.2) is 0 Å². The van der Waals surface area contributed by atoms with Crippen LogP contribution in [0.1, 0.15) is 44.6 Å². The van der Waals surface area contributed by atoms with Gasteiger partial charge in [-0.1, -0.05) is 30.3 Å². The largest absolute Gasteiger partial charge is 0.293 e. The minimum Gasteiger partial charge on any atom is -0.293 e. The third-order valence-electron chi connectivity index (χ3n) is 4.83. The third-order valence-corrected chi connectivity index (χ3v) is 4.83. The molecule has 1 heterocycles. The zero-order valence-corrected chi connectivity index (χ0v) is 11.6. The molecule has 2 heteroatoms. The fourth-order valence-corrected chi connectivity index (χ4v) is 3.89. The van der Waals surface area contributed by atoms with Crippen LogP contribution in [-0.4, -0.2) is 23.8 Å². The molecule has 2 fully saturated rings. The highest BCUT2D eigenvalue weighted by Gasteiger charge is 2.49. The Labute approximate surface area is 110 Å². The topological polar surface area (TPSA) is 12.5 Å². The Morgan fingerprint density at radius 1 is 1.17 bits per heavy atom. The summed E-state index contributed by atoms with van der Waals surface area (Å²) in [5.74, 6) is 1.38. The van der Waals surface area contributed by atoms with Gasteiger partial charge in [-0.15, -0.1) is 0 Å². The lowest BCUT2D eigenvalue weighted by molar-refractivity contribution is -0.178. The summed E-state index contributed by atoms with van der Waals surface area (Å²) in [6.45, 7) is 4.47. The molecule has 0 aromatic heterocycles. The van der Waals surface area contributed by atoms with Crippen molar-refractivity contribution in [3.63, 3.8) is 0 Å². The monoisotopic (exact) mass is 245 g/mol. The molecule has 1 saturated carbocycles. The Bertz CT molecular complexity index is 414. The molecule has 1 aliphatic heterocycles. The number of fused-ring (bicyclic) bond motifs is 1. The summed E-state index contributed by atoms with van der Waals surface area (Å²) in [5, 5.41) is 2.11. The minimum absolute atomic E-state index is 0.0150. The van der Waals surface area contributed by atoms with E-state index < -0.39 is 0 Å². The number of hydrogen-bond acceptors (Lipinski definition) is 2. The average Bonchev–Trinajstić information content (AvgIpc) is 2.61. The highest BCUT2D eigenvalue weighted by molar-refractivity contribution is 5.21. The molecule has 98 valence electrons. The minimum atomic E-state index is 0.0150. The highest BCUT2D eigenvalue weighted by atomic mass is 16.7. The van der Waals surface area contributed by atoms with E-state index in [1.165, 1.54) is 24.8 Å². The van der Waals surface area contributed by atoms with Crippen molar-refractivity contribution in [2.24, 2.45) is 5.92 Å². The van der Waals surface area contributed by atoms with E-state index in [0.717, 1.165) is 0 Å². The molecule has 0 spiro atoms. The first kappa shape index (κ1) is 12.2. The third kappa shape index (κ3) is 1.98. The second-order valence-electron chi connectivity index (χ2n) is 6.34. The second kappa shape index (κ2) is 4.36. The van der Waals surface area contributed by atoms with Crippen molar-refractivity contribution in [1.29, 1.82) is 0 Å². The molecule has 2 nitrogen and oxygen atoms in total. The summed E-state index contributed by atoms with van der Waals surface area (Å²) in [6.07, 6.45) is 3.81. The molecule has 0 N–H and O–H groups in total. The number of rotatable bonds is 1. The normalized spacial score (nSPS) is 35.4. The Morgan fingerprint density at radius 3 is 2.61 bits per heavy atom. The van der Waals surface area contributed by atoms with Crippen LogP contribution >= 0.6 is 0 Å². The van der Waals surface area contributed by atoms with Crippen molar-refractivity contribution in [2.45, 2.75) is 50.7 Å². The maximum Gasteiger partial charge on any atom is 0.0887 e. The molecule has 1 aromatic rings. The number of hydrogen-bond donors (Lipinski definition) is 0. The van der Waals surface area contributed by atoms with E-state index in [1.807, 2.05) is 0 Å². The first-order chi connectivity index (χ1) is 8.58. The maximum atomic E-state index is 6.01. The van der Waals surface area contributed by atoms with Gasteiger partial charge in [0, 0.05) is 19.0 Å². The molecule has 3 rings (SSSR count). The SMILES string of the molecule is CN1OC(C)(C)[C@@H]2CCC(c3ccccc3)C[C@H]21. The molecule has 0 amide bonds. The van der Waals surface area contributed by atoms with E-state index in [-0.39, 0.29) is 5.60 Å². The second-order valence-corrected chi connectivity index (χ2v) is 6.34. The molecular weight excluding hydrogens is 222 g/mol. The van der Waals surface area contributed by atoms with Crippen LogP contribution in [0, 0.1) is 5.92 Å². The summed E-state index contributed by atoms with van der Waals surface area (Å²) >= 11 is 0. The first-order valence-electron chi connectivity index (χ1n) is 7.05. The smallest absolute Gasteiger partial charge is 0.0887 e. The van der Waals surface area contributed by atoms with Gasteiger partial charge in [0.15, 0.2) is 0 Å². The van der Waals surface area contributed by atoms with Crippen LogP contribution in [0.5, 0.6) is 0 Å². The molecule has 0 bridgehead atoms. The fraction of sp³-hybridized carbons (Fsp3) is 0.625. The van der Waals surface area contributed by atoms with Gasteiger partial charge < -0.3 is 0 Å². The van der Waals surface area contributed by atoms with E-state index in [2.05, 4.69) is 56.3 Å². The van der Waals surface area contributed by atoms with Gasteiger partial charge >= 0.3 is 0 Å². The molecular formula is C16H23NO. The lowest BCUT2D eigenvalue weighted by Crippen LogP contribution is -2.37. The zero-order chi connectivity index (χ0) is 12.8. The average molecular weight is 245 g/mol. The van der Waals surface area contributed by atoms with Gasteiger partial charge in [0.1, 0.15) is 0 Å². The van der Waals surface area contributed by atoms with Gasteiger partial charge in [0.05, 0.1) is 5.60 Å². The van der Waals surface area contributed by atoms with Gasteiger partial charge in [-0.05, 0) is 44.6 Å². The van der Waals surface area contributed by atoms with Crippen LogP contribution in [0.4, 0.5) is 0 Å². The molecule has 0 radical (unpaired) electrons. The molecule has 1 aromatic carbocycles. The molecule has 1 unspecified atom stereocenters. The van der Waals surface area contributed by atoms with Crippen LogP contribution in [-0.2, 0) is 4.84 Å². The predicted octanol–water partition coefficient (Wildman–Crippen LogP) is 3.59. The van der Waals surface area contributed by atoms with Gasteiger partial charge in [0.2, 0.25) is 0 Å². The van der Waals surface area contributed by atoms with Crippen molar-refractivity contribution >= 4 is 0 Å². The zero-order valence-electron chi connectivity index (χ0n) is 11.6. The van der Waals surface area contributed by atoms with Gasteiger partial charge in [-0.2, -0.15) is 5.06 Å². The van der Waals surface area contributed by atoms with Crippen molar-refractivity contribution in [2.75, 3.05) is 7.05 Å². The highest BCUT2D eigenvalue weighted by Crippen LogP contribution is 2.47. The van der Waals surface area contributed by atoms with E-state index in [4.69, 9.17) is 4.84 Å². The summed E-state index contributed by atoms with van der Waals surface area (Å²) in [7, 11) is 2.10. The molecule has 2 aliphatic rings. The Kier molecular flexibility index (Phi) is 2.95.